The maximum absolute atomic E-state index is 12.3. The fraction of sp³-hybridized carbons (Fsp3) is 0.583. The van der Waals surface area contributed by atoms with E-state index >= 15 is 0 Å². The van der Waals surface area contributed by atoms with Gasteiger partial charge in [0.2, 0.25) is 0 Å². The highest BCUT2D eigenvalue weighted by molar-refractivity contribution is 5.95. The smallest absolute Gasteiger partial charge is 0.277 e. The molecule has 0 fully saturated rings. The van der Waals surface area contributed by atoms with Gasteiger partial charge >= 0.3 is 0 Å². The zero-order valence-corrected chi connectivity index (χ0v) is 11.4. The highest BCUT2D eigenvalue weighted by Crippen LogP contribution is 2.16. The fourth-order valence-electron chi connectivity index (χ4n) is 1.43. The van der Waals surface area contributed by atoms with Gasteiger partial charge in [-0.25, -0.2) is 5.10 Å². The van der Waals surface area contributed by atoms with E-state index in [0.717, 1.165) is 0 Å². The molecule has 0 saturated carbocycles. The number of likely N-dealkylation sites (N-methyl/N-ethyl adjacent to an activating group) is 1. The molecule has 0 aliphatic carbocycles. The lowest BCUT2D eigenvalue weighted by Crippen LogP contribution is -2.49. The molecular formula is C12H19N3O3. The van der Waals surface area contributed by atoms with Gasteiger partial charge in [-0.05, 0) is 33.3 Å². The Morgan fingerprint density at radius 2 is 2.00 bits per heavy atom. The average molecular weight is 253 g/mol. The number of hydrogen-bond acceptors (Lipinski definition) is 4. The zero-order valence-electron chi connectivity index (χ0n) is 11.4. The van der Waals surface area contributed by atoms with Crippen molar-refractivity contribution >= 4 is 5.91 Å². The summed E-state index contributed by atoms with van der Waals surface area (Å²) in [6, 6.07) is 0. The molecule has 0 aromatic carbocycles. The van der Waals surface area contributed by atoms with Crippen LogP contribution >= 0.6 is 0 Å². The van der Waals surface area contributed by atoms with E-state index in [2.05, 4.69) is 10.2 Å². The summed E-state index contributed by atoms with van der Waals surface area (Å²) >= 11 is 0. The average Bonchev–Trinajstić information content (AvgIpc) is 2.33. The maximum atomic E-state index is 12.3. The van der Waals surface area contributed by atoms with Gasteiger partial charge in [0.05, 0.1) is 17.8 Å². The largest absolute Gasteiger partial charge is 0.394 e. The van der Waals surface area contributed by atoms with Crippen molar-refractivity contribution in [1.29, 1.82) is 0 Å². The van der Waals surface area contributed by atoms with E-state index in [1.165, 1.54) is 4.90 Å². The van der Waals surface area contributed by atoms with E-state index in [4.69, 9.17) is 0 Å². The van der Waals surface area contributed by atoms with Crippen LogP contribution in [0.4, 0.5) is 0 Å². The third-order valence-corrected chi connectivity index (χ3v) is 3.28. The number of carbonyl (C=O) groups is 1. The van der Waals surface area contributed by atoms with Gasteiger partial charge < -0.3 is 10.0 Å². The van der Waals surface area contributed by atoms with Gasteiger partial charge in [-0.2, -0.15) is 5.10 Å². The molecule has 18 heavy (non-hydrogen) atoms. The van der Waals surface area contributed by atoms with E-state index in [1.54, 1.807) is 34.7 Å². The van der Waals surface area contributed by atoms with Crippen molar-refractivity contribution in [3.05, 3.63) is 27.2 Å². The van der Waals surface area contributed by atoms with Gasteiger partial charge in [0.1, 0.15) is 5.56 Å². The van der Waals surface area contributed by atoms with Gasteiger partial charge in [-0.15, -0.1) is 0 Å². The second kappa shape index (κ2) is 4.89. The summed E-state index contributed by atoms with van der Waals surface area (Å²) in [5.74, 6) is -0.418. The van der Waals surface area contributed by atoms with E-state index in [-0.39, 0.29) is 12.2 Å². The van der Waals surface area contributed by atoms with Crippen LogP contribution in [0.15, 0.2) is 4.79 Å². The first-order chi connectivity index (χ1) is 8.22. The van der Waals surface area contributed by atoms with E-state index < -0.39 is 17.0 Å². The Kier molecular flexibility index (Phi) is 3.91. The van der Waals surface area contributed by atoms with Crippen molar-refractivity contribution in [1.82, 2.24) is 15.1 Å². The standard InChI is InChI=1S/C12H19N3O3/c1-7-8(2)13-14-10(17)9(7)11(18)15(5)12(3,4)6-16/h16H,6H2,1-5H3,(H,14,17). The number of amides is 1. The monoisotopic (exact) mass is 253 g/mol. The summed E-state index contributed by atoms with van der Waals surface area (Å²) in [6.07, 6.45) is 0. The van der Waals surface area contributed by atoms with Crippen molar-refractivity contribution in [2.45, 2.75) is 33.2 Å². The van der Waals surface area contributed by atoms with E-state index in [0.29, 0.717) is 11.3 Å². The Labute approximate surface area is 106 Å². The van der Waals surface area contributed by atoms with Crippen LogP contribution in [0.2, 0.25) is 0 Å². The number of aliphatic hydroxyl groups is 1. The second-order valence-electron chi connectivity index (χ2n) is 4.97. The first-order valence-corrected chi connectivity index (χ1v) is 5.67. The molecule has 0 saturated heterocycles. The van der Waals surface area contributed by atoms with Crippen LogP contribution in [0.1, 0.15) is 35.5 Å². The van der Waals surface area contributed by atoms with Crippen LogP contribution in [0.25, 0.3) is 0 Å². The van der Waals surface area contributed by atoms with E-state index in [1.807, 2.05) is 0 Å². The van der Waals surface area contributed by atoms with Gasteiger partial charge in [0.15, 0.2) is 0 Å². The lowest BCUT2D eigenvalue weighted by molar-refractivity contribution is 0.0470. The third kappa shape index (κ3) is 2.43. The molecule has 0 radical (unpaired) electrons. The number of nitrogens with one attached hydrogen (secondary N) is 1. The molecule has 0 aliphatic rings. The Morgan fingerprint density at radius 1 is 1.44 bits per heavy atom. The van der Waals surface area contributed by atoms with E-state index in [9.17, 15) is 14.7 Å². The lowest BCUT2D eigenvalue weighted by atomic mass is 10.0. The summed E-state index contributed by atoms with van der Waals surface area (Å²) in [4.78, 5) is 25.4. The minimum atomic E-state index is -0.729. The molecular weight excluding hydrogens is 234 g/mol. The lowest BCUT2D eigenvalue weighted by Gasteiger charge is -2.34. The first-order valence-electron chi connectivity index (χ1n) is 5.67. The van der Waals surface area contributed by atoms with Gasteiger partial charge in [-0.1, -0.05) is 0 Å². The maximum Gasteiger partial charge on any atom is 0.277 e. The molecule has 0 spiro atoms. The fourth-order valence-corrected chi connectivity index (χ4v) is 1.43. The predicted octanol–water partition coefficient (Wildman–Crippen LogP) is 0.230. The normalized spacial score (nSPS) is 11.4. The second-order valence-corrected chi connectivity index (χ2v) is 4.97. The Balaban J connectivity index is 3.29. The number of aryl methyl sites for hydroxylation is 1. The molecule has 0 atom stereocenters. The molecule has 1 amide bonds. The van der Waals surface area contributed by atoms with Gasteiger partial charge in [-0.3, -0.25) is 9.59 Å². The highest BCUT2D eigenvalue weighted by atomic mass is 16.3. The highest BCUT2D eigenvalue weighted by Gasteiger charge is 2.30. The van der Waals surface area contributed by atoms with Gasteiger partial charge in [0, 0.05) is 7.05 Å². The third-order valence-electron chi connectivity index (χ3n) is 3.28. The molecule has 1 aromatic heterocycles. The molecule has 1 heterocycles. The van der Waals surface area contributed by atoms with Crippen LogP contribution in [-0.2, 0) is 0 Å². The van der Waals surface area contributed by atoms with Crippen molar-refractivity contribution in [2.24, 2.45) is 0 Å². The Bertz CT molecular complexity index is 520. The van der Waals surface area contributed by atoms with Crippen LogP contribution in [0.5, 0.6) is 0 Å². The number of hydrogen-bond donors (Lipinski definition) is 2. The molecule has 6 heteroatoms. The van der Waals surface area contributed by atoms with Crippen molar-refractivity contribution < 1.29 is 9.90 Å². The molecule has 1 aromatic rings. The molecule has 2 N–H and O–H groups in total. The number of aromatic amines is 1. The number of H-pyrrole nitrogens is 1. The minimum absolute atomic E-state index is 0.0755. The zero-order chi connectivity index (χ0) is 14.1. The molecule has 0 unspecified atom stereocenters. The van der Waals surface area contributed by atoms with Crippen molar-refractivity contribution in [3.63, 3.8) is 0 Å². The molecule has 1 rings (SSSR count). The van der Waals surface area contributed by atoms with Gasteiger partial charge in [0.25, 0.3) is 11.5 Å². The summed E-state index contributed by atoms with van der Waals surface area (Å²) in [5, 5.41) is 15.4. The summed E-state index contributed by atoms with van der Waals surface area (Å²) in [6.45, 7) is 6.67. The Morgan fingerprint density at radius 3 is 2.50 bits per heavy atom. The first kappa shape index (κ1) is 14.4. The minimum Gasteiger partial charge on any atom is -0.394 e. The van der Waals surface area contributed by atoms with Crippen LogP contribution in [0, 0.1) is 13.8 Å². The SMILES string of the molecule is Cc1n[nH]c(=O)c(C(=O)N(C)C(C)(C)CO)c1C. The van der Waals surface area contributed by atoms with Crippen LogP contribution in [-0.4, -0.2) is 45.3 Å². The Hall–Kier alpha value is -1.69. The van der Waals surface area contributed by atoms with Crippen molar-refractivity contribution in [2.75, 3.05) is 13.7 Å². The molecule has 0 aliphatic heterocycles. The molecule has 0 bridgehead atoms. The summed E-state index contributed by atoms with van der Waals surface area (Å²) in [5.41, 5.74) is 0.000331. The topological polar surface area (TPSA) is 86.3 Å². The van der Waals surface area contributed by atoms with Crippen molar-refractivity contribution in [3.8, 4) is 0 Å². The molecule has 6 nitrogen and oxygen atoms in total. The number of rotatable bonds is 3. The molecule has 100 valence electrons. The number of carbonyl (C=O) groups excluding carboxylic acids is 1. The van der Waals surface area contributed by atoms with Crippen LogP contribution < -0.4 is 5.56 Å². The quantitative estimate of drug-likeness (QED) is 0.807. The summed E-state index contributed by atoms with van der Waals surface area (Å²) < 4.78 is 0. The van der Waals surface area contributed by atoms with Crippen LogP contribution in [0.3, 0.4) is 0 Å². The summed E-state index contributed by atoms with van der Waals surface area (Å²) in [7, 11) is 1.56. The number of aromatic nitrogens is 2. The number of nitrogens with zero attached hydrogens (tertiary/aromatic N) is 2. The predicted molar refractivity (Wildman–Crippen MR) is 67.6 cm³/mol. The number of aliphatic hydroxyl groups excluding tert-OH is 1.